The van der Waals surface area contributed by atoms with Crippen LogP contribution in [0.5, 0.6) is 0 Å². The molecule has 0 spiro atoms. The second-order valence-corrected chi connectivity index (χ2v) is 16.4. The molecule has 0 amide bonds. The van der Waals surface area contributed by atoms with Gasteiger partial charge in [0.1, 0.15) is 0 Å². The molecular weight excluding hydrogens is 743 g/mol. The molecule has 0 saturated heterocycles. The summed E-state index contributed by atoms with van der Waals surface area (Å²) in [6, 6.07) is 85.9. The third kappa shape index (κ3) is 6.73. The normalized spacial score (nSPS) is 11.3. The van der Waals surface area contributed by atoms with Gasteiger partial charge in [0.15, 0.2) is 0 Å². The minimum Gasteiger partial charge on any atom is -0.311 e. The summed E-state index contributed by atoms with van der Waals surface area (Å²) >= 11 is 1.89. The second kappa shape index (κ2) is 15.3. The topological polar surface area (TPSA) is 3.24 Å². The van der Waals surface area contributed by atoms with E-state index in [0.29, 0.717) is 0 Å². The van der Waals surface area contributed by atoms with Crippen LogP contribution in [0, 0.1) is 0 Å². The molecule has 0 atom stereocenters. The number of fused-ring (bicyclic) bond motifs is 5. The van der Waals surface area contributed by atoms with Crippen LogP contribution in [0.15, 0.2) is 237 Å². The van der Waals surface area contributed by atoms with Crippen molar-refractivity contribution < 1.29 is 0 Å². The largest absolute Gasteiger partial charge is 0.311 e. The Hall–Kier alpha value is -7.52. The molecule has 0 fully saturated rings. The lowest BCUT2D eigenvalue weighted by atomic mass is 9.99. The molecule has 1 heterocycles. The predicted molar refractivity (Wildman–Crippen MR) is 259 cm³/mol. The van der Waals surface area contributed by atoms with Crippen LogP contribution in [-0.4, -0.2) is 0 Å². The summed E-state index contributed by atoms with van der Waals surface area (Å²) in [5, 5.41) is 5.25. The maximum atomic E-state index is 2.37. The fraction of sp³-hybridized carbons (Fsp3) is 0. The van der Waals surface area contributed by atoms with E-state index in [-0.39, 0.29) is 0 Å². The molecule has 0 aliphatic heterocycles. The lowest BCUT2D eigenvalue weighted by Crippen LogP contribution is -2.09. The number of rotatable bonds is 8. The van der Waals surface area contributed by atoms with Crippen molar-refractivity contribution in [1.82, 2.24) is 0 Å². The van der Waals surface area contributed by atoms with Crippen LogP contribution < -0.4 is 4.90 Å². The van der Waals surface area contributed by atoms with Crippen LogP contribution in [0.25, 0.3) is 86.6 Å². The molecule has 282 valence electrons. The van der Waals surface area contributed by atoms with E-state index in [9.17, 15) is 0 Å². The molecule has 0 aliphatic rings. The van der Waals surface area contributed by atoms with Crippen molar-refractivity contribution in [3.05, 3.63) is 237 Å². The molecule has 0 unspecified atom stereocenters. The van der Waals surface area contributed by atoms with E-state index in [2.05, 4.69) is 241 Å². The Morgan fingerprint density at radius 3 is 1.08 bits per heavy atom. The summed E-state index contributed by atoms with van der Waals surface area (Å²) in [6.07, 6.45) is 0. The lowest BCUT2D eigenvalue weighted by Gasteiger charge is -2.26. The van der Waals surface area contributed by atoms with E-state index >= 15 is 0 Å². The minimum atomic E-state index is 1.10. The van der Waals surface area contributed by atoms with Gasteiger partial charge in [-0.3, -0.25) is 0 Å². The van der Waals surface area contributed by atoms with Gasteiger partial charge in [0.05, 0.1) is 0 Å². The number of anilines is 3. The number of nitrogens with zero attached hydrogens (tertiary/aromatic N) is 1. The van der Waals surface area contributed by atoms with Crippen molar-refractivity contribution >= 4 is 59.3 Å². The smallest absolute Gasteiger partial charge is 0.0462 e. The summed E-state index contributed by atoms with van der Waals surface area (Å²) < 4.78 is 2.68. The first-order chi connectivity index (χ1) is 29.7. The Labute approximate surface area is 354 Å². The summed E-state index contributed by atoms with van der Waals surface area (Å²) in [4.78, 5) is 2.36. The fourth-order valence-electron chi connectivity index (χ4n) is 8.51. The highest BCUT2D eigenvalue weighted by atomic mass is 32.1. The molecule has 0 aliphatic carbocycles. The van der Waals surface area contributed by atoms with Crippen LogP contribution in [-0.2, 0) is 0 Å². The highest BCUT2D eigenvalue weighted by Gasteiger charge is 2.15. The van der Waals surface area contributed by atoms with Gasteiger partial charge in [0.2, 0.25) is 0 Å². The molecule has 0 bridgehead atoms. The molecule has 1 aromatic heterocycles. The zero-order valence-corrected chi connectivity index (χ0v) is 33.7. The van der Waals surface area contributed by atoms with Crippen LogP contribution >= 0.6 is 11.3 Å². The van der Waals surface area contributed by atoms with Crippen molar-refractivity contribution in [3.8, 4) is 55.6 Å². The number of hydrogen-bond donors (Lipinski definition) is 0. The Morgan fingerprint density at radius 2 is 0.617 bits per heavy atom. The molecule has 0 N–H and O–H groups in total. The molecule has 11 rings (SSSR count). The summed E-state index contributed by atoms with van der Waals surface area (Å²) in [6.45, 7) is 0. The van der Waals surface area contributed by atoms with Crippen LogP contribution in [0.2, 0.25) is 0 Å². The van der Waals surface area contributed by atoms with Gasteiger partial charge < -0.3 is 4.90 Å². The van der Waals surface area contributed by atoms with Crippen molar-refractivity contribution in [3.63, 3.8) is 0 Å². The average Bonchev–Trinajstić information content (AvgIpc) is 3.72. The van der Waals surface area contributed by atoms with Crippen molar-refractivity contribution in [2.24, 2.45) is 0 Å². The average molecular weight is 782 g/mol. The van der Waals surface area contributed by atoms with Gasteiger partial charge in [-0.1, -0.05) is 188 Å². The first-order valence-electron chi connectivity index (χ1n) is 20.5. The van der Waals surface area contributed by atoms with Crippen LogP contribution in [0.1, 0.15) is 0 Å². The summed E-state index contributed by atoms with van der Waals surface area (Å²) in [7, 11) is 0. The Bertz CT molecular complexity index is 3110. The van der Waals surface area contributed by atoms with Crippen molar-refractivity contribution in [1.29, 1.82) is 0 Å². The molecule has 2 heteroatoms. The predicted octanol–water partition coefficient (Wildman–Crippen LogP) is 17.0. The molecule has 10 aromatic carbocycles. The van der Waals surface area contributed by atoms with Crippen LogP contribution in [0.3, 0.4) is 0 Å². The van der Waals surface area contributed by atoms with Gasteiger partial charge in [0.25, 0.3) is 0 Å². The van der Waals surface area contributed by atoms with E-state index in [1.807, 2.05) is 11.3 Å². The van der Waals surface area contributed by atoms with Crippen molar-refractivity contribution in [2.45, 2.75) is 0 Å². The molecular formula is C58H39NS. The van der Waals surface area contributed by atoms with Crippen molar-refractivity contribution in [2.75, 3.05) is 4.90 Å². The Morgan fingerprint density at radius 1 is 0.250 bits per heavy atom. The SMILES string of the molecule is c1ccc(-c2ccc(-c3ccc(N(c4ccc(-c5ccc(-c6ccccc6)cc5)cc4)c4ccc(-c5ccc6sc7c8ccccc8ccc7c6c5)cc4)cc3)cc2)cc1. The fourth-order valence-corrected chi connectivity index (χ4v) is 9.73. The van der Waals surface area contributed by atoms with Gasteiger partial charge in [-0.15, -0.1) is 11.3 Å². The maximum absolute atomic E-state index is 2.37. The number of hydrogen-bond acceptors (Lipinski definition) is 2. The summed E-state index contributed by atoms with van der Waals surface area (Å²) in [5.41, 5.74) is 15.4. The zero-order valence-electron chi connectivity index (χ0n) is 32.9. The van der Waals surface area contributed by atoms with Gasteiger partial charge in [-0.2, -0.15) is 0 Å². The van der Waals surface area contributed by atoms with E-state index in [1.54, 1.807) is 0 Å². The first-order valence-corrected chi connectivity index (χ1v) is 21.3. The molecule has 0 saturated carbocycles. The third-order valence-corrected chi connectivity index (χ3v) is 12.9. The molecule has 0 radical (unpaired) electrons. The highest BCUT2D eigenvalue weighted by Crippen LogP contribution is 2.42. The minimum absolute atomic E-state index is 1.10. The third-order valence-electron chi connectivity index (χ3n) is 11.7. The quantitative estimate of drug-likeness (QED) is 0.148. The van der Waals surface area contributed by atoms with Gasteiger partial charge >= 0.3 is 0 Å². The molecule has 1 nitrogen and oxygen atoms in total. The standard InChI is InChI=1S/C58H39NS/c1-3-9-40(10-4-1)42-15-19-44(20-16-42)46-23-31-51(32-24-46)59(52-33-25-47(26-34-52)45-21-17-43(18-22-45)41-11-5-2-6-12-41)53-35-27-48(28-36-53)50-30-38-57-56(39-50)55-37-29-49-13-7-8-14-54(49)58(55)60-57/h1-39H. The van der Waals surface area contributed by atoms with Gasteiger partial charge in [-0.25, -0.2) is 0 Å². The van der Waals surface area contributed by atoms with Gasteiger partial charge in [0, 0.05) is 37.2 Å². The first kappa shape index (κ1) is 35.6. The van der Waals surface area contributed by atoms with Crippen LogP contribution in [0.4, 0.5) is 17.1 Å². The Balaban J connectivity index is 0.928. The second-order valence-electron chi connectivity index (χ2n) is 15.3. The van der Waals surface area contributed by atoms with E-state index in [1.165, 1.54) is 86.6 Å². The maximum Gasteiger partial charge on any atom is 0.0462 e. The monoisotopic (exact) mass is 781 g/mol. The Kier molecular flexibility index (Phi) is 9.11. The highest BCUT2D eigenvalue weighted by molar-refractivity contribution is 7.26. The number of benzene rings is 10. The van der Waals surface area contributed by atoms with Gasteiger partial charge in [-0.05, 0) is 115 Å². The zero-order chi connectivity index (χ0) is 39.8. The lowest BCUT2D eigenvalue weighted by molar-refractivity contribution is 1.28. The number of thiophene rings is 1. The summed E-state index contributed by atoms with van der Waals surface area (Å²) in [5.74, 6) is 0. The molecule has 60 heavy (non-hydrogen) atoms. The van der Waals surface area contributed by atoms with E-state index in [4.69, 9.17) is 0 Å². The van der Waals surface area contributed by atoms with E-state index in [0.717, 1.165) is 17.1 Å². The molecule has 11 aromatic rings. The van der Waals surface area contributed by atoms with E-state index < -0.39 is 0 Å².